The number of hydrogen-bond donors (Lipinski definition) is 0. The minimum absolute atomic E-state index is 0.541. The Balaban J connectivity index is 2.62. The molecule has 1 aliphatic rings. The minimum Gasteiger partial charge on any atom is -0.300 e. The molecule has 0 radical (unpaired) electrons. The van der Waals surface area contributed by atoms with Crippen molar-refractivity contribution >= 4 is 0 Å². The van der Waals surface area contributed by atoms with Gasteiger partial charge in [-0.1, -0.05) is 20.3 Å². The highest BCUT2D eigenvalue weighted by Crippen LogP contribution is 2.40. The van der Waals surface area contributed by atoms with Gasteiger partial charge in [-0.3, -0.25) is 0 Å². The Morgan fingerprint density at radius 1 is 1.33 bits per heavy atom. The van der Waals surface area contributed by atoms with Gasteiger partial charge in [-0.2, -0.15) is 0 Å². The van der Waals surface area contributed by atoms with Gasteiger partial charge in [0.25, 0.3) is 0 Å². The predicted molar refractivity (Wildman–Crippen MR) is 54.3 cm³/mol. The second-order valence-electron chi connectivity index (χ2n) is 5.16. The molecule has 1 saturated carbocycles. The molecule has 0 bridgehead atoms. The van der Waals surface area contributed by atoms with E-state index in [-0.39, 0.29) is 0 Å². The monoisotopic (exact) mass is 169 g/mol. The van der Waals surface area contributed by atoms with Gasteiger partial charge in [-0.05, 0) is 39.2 Å². The van der Waals surface area contributed by atoms with Crippen LogP contribution in [0, 0.1) is 5.41 Å². The van der Waals surface area contributed by atoms with Crippen molar-refractivity contribution in [3.8, 4) is 0 Å². The second-order valence-corrected chi connectivity index (χ2v) is 5.16. The third kappa shape index (κ3) is 1.82. The molecular weight excluding hydrogens is 146 g/mol. The maximum Gasteiger partial charge on any atom is 0.0146 e. The van der Waals surface area contributed by atoms with Crippen molar-refractivity contribution in [1.82, 2.24) is 4.90 Å². The van der Waals surface area contributed by atoms with Crippen molar-refractivity contribution in [2.24, 2.45) is 5.41 Å². The topological polar surface area (TPSA) is 3.24 Å². The van der Waals surface area contributed by atoms with Crippen LogP contribution in [0.15, 0.2) is 0 Å². The molecule has 1 fully saturated rings. The van der Waals surface area contributed by atoms with Gasteiger partial charge in [-0.15, -0.1) is 0 Å². The molecule has 1 unspecified atom stereocenters. The Bertz CT molecular complexity index is 149. The van der Waals surface area contributed by atoms with Crippen LogP contribution in [0.25, 0.3) is 0 Å². The summed E-state index contributed by atoms with van der Waals surface area (Å²) >= 11 is 0. The number of nitrogens with zero attached hydrogens (tertiary/aromatic N) is 1. The zero-order valence-electron chi connectivity index (χ0n) is 9.22. The van der Waals surface area contributed by atoms with Crippen LogP contribution in [-0.4, -0.2) is 24.0 Å². The van der Waals surface area contributed by atoms with Gasteiger partial charge in [0.15, 0.2) is 0 Å². The van der Waals surface area contributed by atoms with Crippen LogP contribution in [0.5, 0.6) is 0 Å². The molecule has 1 heteroatoms. The Labute approximate surface area is 77.1 Å². The molecule has 0 aromatic rings. The molecule has 72 valence electrons. The smallest absolute Gasteiger partial charge is 0.0146 e. The van der Waals surface area contributed by atoms with E-state index in [1.54, 1.807) is 0 Å². The molecule has 0 N–H and O–H groups in total. The van der Waals surface area contributed by atoms with E-state index in [0.717, 1.165) is 6.04 Å². The van der Waals surface area contributed by atoms with Gasteiger partial charge in [0, 0.05) is 12.1 Å². The average molecular weight is 169 g/mol. The van der Waals surface area contributed by atoms with Crippen LogP contribution >= 0.6 is 0 Å². The fourth-order valence-corrected chi connectivity index (χ4v) is 2.42. The average Bonchev–Trinajstić information content (AvgIpc) is 2.27. The first-order chi connectivity index (χ1) is 5.45. The van der Waals surface area contributed by atoms with Crippen LogP contribution < -0.4 is 0 Å². The van der Waals surface area contributed by atoms with Crippen molar-refractivity contribution in [3.63, 3.8) is 0 Å². The first-order valence-corrected chi connectivity index (χ1v) is 5.17. The van der Waals surface area contributed by atoms with E-state index in [1.807, 2.05) is 0 Å². The maximum absolute atomic E-state index is 2.53. The van der Waals surface area contributed by atoms with E-state index in [2.05, 4.69) is 39.6 Å². The Morgan fingerprint density at radius 3 is 2.25 bits per heavy atom. The van der Waals surface area contributed by atoms with Crippen LogP contribution in [-0.2, 0) is 0 Å². The molecule has 0 aliphatic heterocycles. The van der Waals surface area contributed by atoms with E-state index >= 15 is 0 Å². The largest absolute Gasteiger partial charge is 0.300 e. The molecular formula is C11H23N. The van der Waals surface area contributed by atoms with Gasteiger partial charge < -0.3 is 4.90 Å². The third-order valence-electron chi connectivity index (χ3n) is 3.51. The minimum atomic E-state index is 0.541. The van der Waals surface area contributed by atoms with Gasteiger partial charge in [0.1, 0.15) is 0 Å². The van der Waals surface area contributed by atoms with Crippen LogP contribution in [0.3, 0.4) is 0 Å². The Kier molecular flexibility index (Phi) is 2.82. The Hall–Kier alpha value is -0.0400. The number of hydrogen-bond acceptors (Lipinski definition) is 1. The molecule has 0 amide bonds. The van der Waals surface area contributed by atoms with E-state index in [4.69, 9.17) is 0 Å². The van der Waals surface area contributed by atoms with Gasteiger partial charge in [-0.25, -0.2) is 0 Å². The standard InChI is InChI=1S/C11H23N/c1-9(2)12(5)10-7-6-8-11(10,3)4/h9-10H,6-8H2,1-5H3. The van der Waals surface area contributed by atoms with Crippen molar-refractivity contribution in [2.45, 2.75) is 59.0 Å². The van der Waals surface area contributed by atoms with Crippen LogP contribution in [0.1, 0.15) is 47.0 Å². The van der Waals surface area contributed by atoms with E-state index < -0.39 is 0 Å². The summed E-state index contributed by atoms with van der Waals surface area (Å²) in [5.74, 6) is 0. The quantitative estimate of drug-likeness (QED) is 0.614. The summed E-state index contributed by atoms with van der Waals surface area (Å²) in [6.45, 7) is 9.38. The molecule has 0 aromatic carbocycles. The first-order valence-electron chi connectivity index (χ1n) is 5.17. The van der Waals surface area contributed by atoms with E-state index in [1.165, 1.54) is 19.3 Å². The molecule has 1 rings (SSSR count). The van der Waals surface area contributed by atoms with Crippen LogP contribution in [0.2, 0.25) is 0 Å². The highest BCUT2D eigenvalue weighted by molar-refractivity contribution is 4.91. The molecule has 1 atom stereocenters. The molecule has 1 nitrogen and oxygen atoms in total. The molecule has 1 aliphatic carbocycles. The summed E-state index contributed by atoms with van der Waals surface area (Å²) in [4.78, 5) is 2.53. The SMILES string of the molecule is CC(C)N(C)C1CCCC1(C)C. The van der Waals surface area contributed by atoms with E-state index in [0.29, 0.717) is 11.5 Å². The number of rotatable bonds is 2. The normalized spacial score (nSPS) is 28.8. The molecule has 12 heavy (non-hydrogen) atoms. The van der Waals surface area contributed by atoms with Gasteiger partial charge >= 0.3 is 0 Å². The Morgan fingerprint density at radius 2 is 1.92 bits per heavy atom. The molecule has 0 heterocycles. The van der Waals surface area contributed by atoms with E-state index in [9.17, 15) is 0 Å². The van der Waals surface area contributed by atoms with Gasteiger partial charge in [0.05, 0.1) is 0 Å². The first kappa shape index (κ1) is 10.0. The second kappa shape index (κ2) is 3.37. The van der Waals surface area contributed by atoms with Crippen molar-refractivity contribution in [2.75, 3.05) is 7.05 Å². The van der Waals surface area contributed by atoms with Crippen LogP contribution in [0.4, 0.5) is 0 Å². The lowest BCUT2D eigenvalue weighted by molar-refractivity contribution is 0.112. The molecule has 0 aromatic heterocycles. The summed E-state index contributed by atoms with van der Waals surface area (Å²) in [6, 6.07) is 1.49. The molecule has 0 saturated heterocycles. The third-order valence-corrected chi connectivity index (χ3v) is 3.51. The summed E-state index contributed by atoms with van der Waals surface area (Å²) in [6.07, 6.45) is 4.20. The lowest BCUT2D eigenvalue weighted by Gasteiger charge is -2.37. The lowest BCUT2D eigenvalue weighted by Crippen LogP contribution is -2.43. The van der Waals surface area contributed by atoms with Crippen molar-refractivity contribution < 1.29 is 0 Å². The highest BCUT2D eigenvalue weighted by atomic mass is 15.2. The predicted octanol–water partition coefficient (Wildman–Crippen LogP) is 2.91. The van der Waals surface area contributed by atoms with Gasteiger partial charge in [0.2, 0.25) is 0 Å². The zero-order valence-corrected chi connectivity index (χ0v) is 9.22. The fraction of sp³-hybridized carbons (Fsp3) is 1.00. The molecule has 0 spiro atoms. The summed E-state index contributed by atoms with van der Waals surface area (Å²) in [5, 5.41) is 0. The highest BCUT2D eigenvalue weighted by Gasteiger charge is 2.37. The summed E-state index contributed by atoms with van der Waals surface area (Å²) < 4.78 is 0. The fourth-order valence-electron chi connectivity index (χ4n) is 2.42. The maximum atomic E-state index is 2.53. The summed E-state index contributed by atoms with van der Waals surface area (Å²) in [5.41, 5.74) is 0.541. The summed E-state index contributed by atoms with van der Waals surface area (Å²) in [7, 11) is 2.27. The lowest BCUT2D eigenvalue weighted by atomic mass is 9.86. The van der Waals surface area contributed by atoms with Crippen molar-refractivity contribution in [1.29, 1.82) is 0 Å². The van der Waals surface area contributed by atoms with Crippen molar-refractivity contribution in [3.05, 3.63) is 0 Å². The zero-order chi connectivity index (χ0) is 9.35.